The Bertz CT molecular complexity index is 965. The highest BCUT2D eigenvalue weighted by Gasteiger charge is 2.20. The fourth-order valence-electron chi connectivity index (χ4n) is 4.15. The van der Waals surface area contributed by atoms with Crippen molar-refractivity contribution in [2.45, 2.75) is 25.4 Å². The Labute approximate surface area is 185 Å². The Morgan fingerprint density at radius 3 is 2.35 bits per heavy atom. The molecule has 31 heavy (non-hydrogen) atoms. The van der Waals surface area contributed by atoms with E-state index in [1.165, 1.54) is 5.56 Å². The largest absolute Gasteiger partial charge is 0.497 e. The number of piperidine rings is 1. The first-order chi connectivity index (χ1) is 15.2. The van der Waals surface area contributed by atoms with Gasteiger partial charge >= 0.3 is 0 Å². The summed E-state index contributed by atoms with van der Waals surface area (Å²) in [6.45, 7) is 3.28. The van der Waals surface area contributed by atoms with E-state index in [2.05, 4.69) is 47.4 Å². The molecule has 1 heterocycles. The summed E-state index contributed by atoms with van der Waals surface area (Å²) in [6, 6.07) is 24.8. The highest BCUT2D eigenvalue weighted by Crippen LogP contribution is 2.35. The first-order valence-electron chi connectivity index (χ1n) is 11.0. The van der Waals surface area contributed by atoms with E-state index < -0.39 is 0 Å². The van der Waals surface area contributed by atoms with E-state index in [4.69, 9.17) is 14.2 Å². The molecule has 0 aromatic heterocycles. The summed E-state index contributed by atoms with van der Waals surface area (Å²) in [6.07, 6.45) is 3.48. The Morgan fingerprint density at radius 2 is 1.61 bits per heavy atom. The monoisotopic (exact) mass is 417 g/mol. The summed E-state index contributed by atoms with van der Waals surface area (Å²) in [7, 11) is 3.37. The highest BCUT2D eigenvalue weighted by molar-refractivity contribution is 5.73. The molecule has 0 atom stereocenters. The Kier molecular flexibility index (Phi) is 7.11. The van der Waals surface area contributed by atoms with Crippen LogP contribution in [0.4, 0.5) is 0 Å². The van der Waals surface area contributed by atoms with Gasteiger partial charge in [-0.05, 0) is 60.7 Å². The van der Waals surface area contributed by atoms with Crippen LogP contribution in [0.3, 0.4) is 0 Å². The highest BCUT2D eigenvalue weighted by atomic mass is 16.5. The van der Waals surface area contributed by atoms with Crippen LogP contribution in [0.2, 0.25) is 0 Å². The normalized spacial score (nSPS) is 14.9. The minimum atomic E-state index is 0.260. The second-order valence-corrected chi connectivity index (χ2v) is 7.99. The van der Waals surface area contributed by atoms with Gasteiger partial charge < -0.3 is 19.1 Å². The predicted octanol–water partition coefficient (Wildman–Crippen LogP) is 5.46. The standard InChI is InChI=1S/C27H31NO3/c1-29-24-11-12-27(30-2)26(20-24)22-9-6-10-25(19-22)31-23-14-17-28(18-15-23)16-13-21-7-4-3-5-8-21/h3-12,19-20,23H,13-18H2,1-2H3. The molecule has 0 aliphatic carbocycles. The summed E-state index contributed by atoms with van der Waals surface area (Å²) in [4.78, 5) is 2.55. The molecule has 1 saturated heterocycles. The average molecular weight is 418 g/mol. The number of rotatable bonds is 8. The predicted molar refractivity (Wildman–Crippen MR) is 125 cm³/mol. The van der Waals surface area contributed by atoms with Gasteiger partial charge in [-0.3, -0.25) is 0 Å². The van der Waals surface area contributed by atoms with Gasteiger partial charge in [0.25, 0.3) is 0 Å². The lowest BCUT2D eigenvalue weighted by Gasteiger charge is -2.32. The summed E-state index contributed by atoms with van der Waals surface area (Å²) >= 11 is 0. The Balaban J connectivity index is 1.35. The molecule has 0 unspecified atom stereocenters. The van der Waals surface area contributed by atoms with Crippen LogP contribution in [0.1, 0.15) is 18.4 Å². The molecule has 0 saturated carbocycles. The zero-order chi connectivity index (χ0) is 21.5. The maximum absolute atomic E-state index is 6.36. The van der Waals surface area contributed by atoms with E-state index in [9.17, 15) is 0 Å². The first kappa shape index (κ1) is 21.3. The lowest BCUT2D eigenvalue weighted by Crippen LogP contribution is -2.39. The van der Waals surface area contributed by atoms with E-state index in [-0.39, 0.29) is 6.10 Å². The zero-order valence-corrected chi connectivity index (χ0v) is 18.4. The second kappa shape index (κ2) is 10.4. The van der Waals surface area contributed by atoms with Crippen molar-refractivity contribution in [3.63, 3.8) is 0 Å². The maximum atomic E-state index is 6.36. The molecule has 162 valence electrons. The lowest BCUT2D eigenvalue weighted by molar-refractivity contribution is 0.101. The van der Waals surface area contributed by atoms with Crippen molar-refractivity contribution >= 4 is 0 Å². The third-order valence-corrected chi connectivity index (χ3v) is 5.95. The van der Waals surface area contributed by atoms with E-state index in [1.54, 1.807) is 14.2 Å². The van der Waals surface area contributed by atoms with E-state index in [1.807, 2.05) is 30.3 Å². The molecule has 0 bridgehead atoms. The molecule has 1 aliphatic heterocycles. The molecule has 0 radical (unpaired) electrons. The van der Waals surface area contributed by atoms with Gasteiger partial charge in [0, 0.05) is 25.2 Å². The van der Waals surface area contributed by atoms with Crippen molar-refractivity contribution in [2.24, 2.45) is 0 Å². The quantitative estimate of drug-likeness (QED) is 0.487. The second-order valence-electron chi connectivity index (χ2n) is 7.99. The third-order valence-electron chi connectivity index (χ3n) is 5.95. The van der Waals surface area contributed by atoms with Crippen LogP contribution in [-0.2, 0) is 6.42 Å². The number of methoxy groups -OCH3 is 2. The topological polar surface area (TPSA) is 30.9 Å². The zero-order valence-electron chi connectivity index (χ0n) is 18.4. The van der Waals surface area contributed by atoms with Crippen molar-refractivity contribution in [2.75, 3.05) is 33.9 Å². The molecular weight excluding hydrogens is 386 g/mol. The van der Waals surface area contributed by atoms with Gasteiger partial charge in [-0.1, -0.05) is 42.5 Å². The fraction of sp³-hybridized carbons (Fsp3) is 0.333. The van der Waals surface area contributed by atoms with Crippen molar-refractivity contribution in [1.82, 2.24) is 4.90 Å². The van der Waals surface area contributed by atoms with Crippen LogP contribution < -0.4 is 14.2 Å². The van der Waals surface area contributed by atoms with Crippen LogP contribution in [-0.4, -0.2) is 44.9 Å². The SMILES string of the molecule is COc1ccc(OC)c(-c2cccc(OC3CCN(CCc4ccccc4)CC3)c2)c1. The van der Waals surface area contributed by atoms with Crippen molar-refractivity contribution in [3.8, 4) is 28.4 Å². The Morgan fingerprint density at radius 1 is 0.806 bits per heavy atom. The average Bonchev–Trinajstić information content (AvgIpc) is 2.84. The molecule has 1 fully saturated rings. The van der Waals surface area contributed by atoms with Crippen molar-refractivity contribution in [1.29, 1.82) is 0 Å². The van der Waals surface area contributed by atoms with Gasteiger partial charge in [-0.15, -0.1) is 0 Å². The molecule has 0 amide bonds. The number of benzene rings is 3. The molecule has 3 aromatic rings. The molecule has 4 heteroatoms. The molecule has 1 aliphatic rings. The Hall–Kier alpha value is -2.98. The number of nitrogens with zero attached hydrogens (tertiary/aromatic N) is 1. The van der Waals surface area contributed by atoms with Gasteiger partial charge in [0.2, 0.25) is 0 Å². The smallest absolute Gasteiger partial charge is 0.126 e. The first-order valence-corrected chi connectivity index (χ1v) is 11.0. The van der Waals surface area contributed by atoms with Gasteiger partial charge in [0.05, 0.1) is 14.2 Å². The van der Waals surface area contributed by atoms with Crippen molar-refractivity contribution < 1.29 is 14.2 Å². The molecule has 4 rings (SSSR count). The lowest BCUT2D eigenvalue weighted by atomic mass is 10.0. The van der Waals surface area contributed by atoms with Gasteiger partial charge in [-0.2, -0.15) is 0 Å². The van der Waals surface area contributed by atoms with Gasteiger partial charge in [0.1, 0.15) is 23.4 Å². The number of likely N-dealkylation sites (tertiary alicyclic amines) is 1. The third kappa shape index (κ3) is 5.59. The van der Waals surface area contributed by atoms with E-state index >= 15 is 0 Å². The summed E-state index contributed by atoms with van der Waals surface area (Å²) in [5.41, 5.74) is 3.47. The number of ether oxygens (including phenoxy) is 3. The molecule has 3 aromatic carbocycles. The minimum Gasteiger partial charge on any atom is -0.497 e. The molecule has 4 nitrogen and oxygen atoms in total. The molecule has 0 spiro atoms. The van der Waals surface area contributed by atoms with Crippen LogP contribution in [0.25, 0.3) is 11.1 Å². The van der Waals surface area contributed by atoms with E-state index in [0.29, 0.717) is 0 Å². The number of hydrogen-bond acceptors (Lipinski definition) is 4. The van der Waals surface area contributed by atoms with Gasteiger partial charge in [-0.25, -0.2) is 0 Å². The van der Waals surface area contributed by atoms with Crippen LogP contribution in [0.5, 0.6) is 17.2 Å². The summed E-state index contributed by atoms with van der Waals surface area (Å²) in [5, 5.41) is 0. The molecular formula is C27H31NO3. The van der Waals surface area contributed by atoms with Gasteiger partial charge in [0.15, 0.2) is 0 Å². The number of hydrogen-bond donors (Lipinski definition) is 0. The van der Waals surface area contributed by atoms with Crippen LogP contribution in [0.15, 0.2) is 72.8 Å². The summed E-state index contributed by atoms with van der Waals surface area (Å²) < 4.78 is 17.3. The van der Waals surface area contributed by atoms with Crippen LogP contribution in [0, 0.1) is 0 Å². The summed E-state index contributed by atoms with van der Waals surface area (Å²) in [5.74, 6) is 2.54. The maximum Gasteiger partial charge on any atom is 0.126 e. The van der Waals surface area contributed by atoms with Crippen LogP contribution >= 0.6 is 0 Å². The van der Waals surface area contributed by atoms with Crippen molar-refractivity contribution in [3.05, 3.63) is 78.4 Å². The minimum absolute atomic E-state index is 0.260. The van der Waals surface area contributed by atoms with E-state index in [0.717, 1.165) is 67.3 Å². The molecule has 0 N–H and O–H groups in total. The fourth-order valence-corrected chi connectivity index (χ4v) is 4.15.